The van der Waals surface area contributed by atoms with Crippen molar-refractivity contribution in [2.24, 2.45) is 0 Å². The van der Waals surface area contributed by atoms with Crippen LogP contribution >= 0.6 is 7.82 Å². The number of hydrogen-bond donors (Lipinski definition) is 3. The van der Waals surface area contributed by atoms with Crippen LogP contribution in [-0.2, 0) is 13.8 Å². The van der Waals surface area contributed by atoms with Crippen molar-refractivity contribution in [2.75, 3.05) is 6.61 Å². The molecule has 4 atom stereocenters. The Morgan fingerprint density at radius 2 is 2.00 bits per heavy atom. The van der Waals surface area contributed by atoms with Gasteiger partial charge in [-0.25, -0.2) is 4.79 Å². The van der Waals surface area contributed by atoms with Crippen LogP contribution in [0.25, 0.3) is 0 Å². The van der Waals surface area contributed by atoms with E-state index in [2.05, 4.69) is 4.98 Å². The van der Waals surface area contributed by atoms with Crippen LogP contribution in [0, 0.1) is 17.0 Å². The number of aliphatic hydroxyl groups excluding tert-OH is 1. The second-order valence-electron chi connectivity index (χ2n) is 6.50. The lowest BCUT2D eigenvalue weighted by molar-refractivity contribution is -0.384. The molecule has 14 nitrogen and oxygen atoms in total. The molecule has 3 rings (SSSR count). The van der Waals surface area contributed by atoms with Gasteiger partial charge in [-0.15, -0.1) is 0 Å². The summed E-state index contributed by atoms with van der Waals surface area (Å²) >= 11 is 0. The molecule has 1 saturated heterocycles. The Morgan fingerprint density at radius 3 is 2.61 bits per heavy atom. The molecule has 0 radical (unpaired) electrons. The zero-order valence-electron chi connectivity index (χ0n) is 16.5. The molecule has 6 N–H and O–H groups in total. The quantitative estimate of drug-likeness (QED) is 0.292. The number of phosphoric ester groups is 1. The van der Waals surface area contributed by atoms with Crippen molar-refractivity contribution < 1.29 is 33.3 Å². The van der Waals surface area contributed by atoms with Crippen molar-refractivity contribution in [1.29, 1.82) is 0 Å². The van der Waals surface area contributed by atoms with Crippen LogP contribution in [0.2, 0.25) is 0 Å². The van der Waals surface area contributed by atoms with Crippen molar-refractivity contribution >= 4 is 13.5 Å². The fraction of sp³-hybridized carbons (Fsp3) is 0.375. The van der Waals surface area contributed by atoms with Crippen molar-refractivity contribution in [1.82, 2.24) is 15.7 Å². The topological polar surface area (TPSA) is 223 Å². The molecular weight excluding hydrogens is 439 g/mol. The number of aromatic nitrogens is 2. The Hall–Kier alpha value is -2.87. The molecule has 0 saturated carbocycles. The largest absolute Gasteiger partial charge is 0.746 e. The normalized spacial score (nSPS) is 22.4. The number of quaternary nitrogens is 1. The van der Waals surface area contributed by atoms with Gasteiger partial charge in [0.25, 0.3) is 11.2 Å². The average Bonchev–Trinajstić information content (AvgIpc) is 3.03. The molecule has 1 aromatic carbocycles. The number of rotatable bonds is 7. The molecule has 0 spiro atoms. The van der Waals surface area contributed by atoms with Crippen LogP contribution in [0.5, 0.6) is 5.75 Å². The van der Waals surface area contributed by atoms with Crippen LogP contribution in [0.1, 0.15) is 18.2 Å². The molecule has 4 unspecified atom stereocenters. The number of aryl methyl sites for hydroxylation is 1. The van der Waals surface area contributed by atoms with E-state index in [4.69, 9.17) is 13.8 Å². The average molecular weight is 460 g/mol. The van der Waals surface area contributed by atoms with E-state index >= 15 is 0 Å². The maximum absolute atomic E-state index is 12.0. The summed E-state index contributed by atoms with van der Waals surface area (Å²) in [6.45, 7) is 0.895. The van der Waals surface area contributed by atoms with E-state index in [1.807, 2.05) is 0 Å². The third-order valence-electron chi connectivity index (χ3n) is 4.32. The minimum absolute atomic E-state index is 0. The minimum atomic E-state index is -4.87. The summed E-state index contributed by atoms with van der Waals surface area (Å²) in [7, 11) is -4.87. The van der Waals surface area contributed by atoms with Crippen molar-refractivity contribution in [2.45, 2.75) is 31.8 Å². The molecular formula is C16H21N4O10P. The zero-order chi connectivity index (χ0) is 22.1. The Kier molecular flexibility index (Phi) is 7.49. The van der Waals surface area contributed by atoms with Crippen LogP contribution in [-0.4, -0.2) is 38.4 Å². The van der Waals surface area contributed by atoms with Crippen molar-refractivity contribution in [3.05, 3.63) is 67.0 Å². The number of benzene rings is 1. The summed E-state index contributed by atoms with van der Waals surface area (Å²) in [5.74, 6) is -0.194. The molecule has 2 heterocycles. The summed E-state index contributed by atoms with van der Waals surface area (Å²) in [6, 6.07) is 4.31. The summed E-state index contributed by atoms with van der Waals surface area (Å²) < 4.78 is 28.0. The Labute approximate surface area is 174 Å². The first-order valence-electron chi connectivity index (χ1n) is 8.61. The number of H-pyrrole nitrogens is 1. The van der Waals surface area contributed by atoms with E-state index < -0.39 is 49.0 Å². The van der Waals surface area contributed by atoms with E-state index in [1.165, 1.54) is 13.1 Å². The predicted octanol–water partition coefficient (Wildman–Crippen LogP) is 0.342. The smallest absolute Gasteiger partial charge is 0.330 e. The van der Waals surface area contributed by atoms with Crippen LogP contribution < -0.4 is 26.8 Å². The number of nitrogens with zero attached hydrogens (tertiary/aromatic N) is 2. The summed E-state index contributed by atoms with van der Waals surface area (Å²) in [6.07, 6.45) is -1.92. The van der Waals surface area contributed by atoms with Gasteiger partial charge in [-0.2, -0.15) is 0 Å². The van der Waals surface area contributed by atoms with Gasteiger partial charge in [0.1, 0.15) is 18.1 Å². The molecule has 2 aromatic rings. The molecule has 1 aromatic heterocycles. The number of nitrogens with one attached hydrogen (secondary N) is 1. The minimum Gasteiger partial charge on any atom is -0.746 e. The highest BCUT2D eigenvalue weighted by Crippen LogP contribution is 2.41. The van der Waals surface area contributed by atoms with Gasteiger partial charge in [-0.05, 0) is 19.1 Å². The van der Waals surface area contributed by atoms with Gasteiger partial charge in [-0.3, -0.25) is 29.0 Å². The number of aromatic amines is 1. The second kappa shape index (κ2) is 9.51. The van der Waals surface area contributed by atoms with Crippen molar-refractivity contribution in [3.63, 3.8) is 0 Å². The van der Waals surface area contributed by atoms with E-state index in [9.17, 15) is 34.3 Å². The Bertz CT molecular complexity index is 1100. The predicted molar refractivity (Wildman–Crippen MR) is 104 cm³/mol. The SMILES string of the molecule is Cc1cn(C2CC(O)C(COP(=O)([O-])Oc3ccc([N+](=O)[O-])cc3)O2)c(=O)[nH]c1=O.[NH4+]. The van der Waals surface area contributed by atoms with Gasteiger partial charge in [0.05, 0.1) is 17.6 Å². The molecule has 0 bridgehead atoms. The lowest BCUT2D eigenvalue weighted by atomic mass is 10.2. The number of nitro groups is 1. The lowest BCUT2D eigenvalue weighted by Gasteiger charge is -2.25. The molecule has 15 heteroatoms. The Balaban J connectivity index is 0.00000341. The lowest BCUT2D eigenvalue weighted by Crippen LogP contribution is -2.33. The Morgan fingerprint density at radius 1 is 1.35 bits per heavy atom. The van der Waals surface area contributed by atoms with E-state index in [1.54, 1.807) is 0 Å². The van der Waals surface area contributed by atoms with Crippen LogP contribution in [0.4, 0.5) is 5.69 Å². The fourth-order valence-electron chi connectivity index (χ4n) is 2.78. The zero-order valence-corrected chi connectivity index (χ0v) is 17.4. The third kappa shape index (κ3) is 5.85. The molecule has 170 valence electrons. The molecule has 0 aliphatic carbocycles. The first-order chi connectivity index (χ1) is 14.1. The van der Waals surface area contributed by atoms with Crippen molar-refractivity contribution in [3.8, 4) is 5.75 Å². The first-order valence-corrected chi connectivity index (χ1v) is 10.1. The summed E-state index contributed by atoms with van der Waals surface area (Å²) in [4.78, 5) is 47.5. The number of hydrogen-bond acceptors (Lipinski definition) is 10. The van der Waals surface area contributed by atoms with Crippen LogP contribution in [0.3, 0.4) is 0 Å². The molecule has 31 heavy (non-hydrogen) atoms. The summed E-state index contributed by atoms with van der Waals surface area (Å²) in [5, 5.41) is 20.7. The van der Waals surface area contributed by atoms with E-state index in [0.717, 1.165) is 28.8 Å². The van der Waals surface area contributed by atoms with Crippen LogP contribution in [0.15, 0.2) is 40.1 Å². The standard InChI is InChI=1S/C16H18N3O10P.H3N/c1-9-7-18(16(22)17-15(9)21)14-6-12(20)13(28-14)8-27-30(25,26)29-11-4-2-10(3-5-11)19(23)24;/h2-5,7,12-14,20H,6,8H2,1H3,(H,25,26)(H,17,21,22);1H3. The monoisotopic (exact) mass is 460 g/mol. The highest BCUT2D eigenvalue weighted by Gasteiger charge is 2.36. The maximum Gasteiger partial charge on any atom is 0.330 e. The highest BCUT2D eigenvalue weighted by molar-refractivity contribution is 7.46. The third-order valence-corrected chi connectivity index (χ3v) is 5.22. The molecule has 1 aliphatic rings. The number of phosphoric acid groups is 1. The van der Waals surface area contributed by atoms with Gasteiger partial charge < -0.3 is 29.9 Å². The fourth-order valence-corrected chi connectivity index (χ4v) is 3.55. The number of ether oxygens (including phenoxy) is 1. The number of nitro benzene ring substituents is 1. The second-order valence-corrected chi connectivity index (χ2v) is 7.83. The van der Waals surface area contributed by atoms with Gasteiger partial charge in [-0.1, -0.05) is 0 Å². The van der Waals surface area contributed by atoms with Gasteiger partial charge in [0.15, 0.2) is 0 Å². The molecule has 1 fully saturated rings. The van der Waals surface area contributed by atoms with E-state index in [-0.39, 0.29) is 29.6 Å². The van der Waals surface area contributed by atoms with Gasteiger partial charge in [0.2, 0.25) is 0 Å². The van der Waals surface area contributed by atoms with E-state index in [0.29, 0.717) is 0 Å². The molecule has 1 aliphatic heterocycles. The number of non-ortho nitro benzene ring substituents is 1. The first kappa shape index (κ1) is 24.4. The summed E-state index contributed by atoms with van der Waals surface area (Å²) in [5.41, 5.74) is -1.27. The number of aliphatic hydroxyl groups is 1. The van der Waals surface area contributed by atoms with Gasteiger partial charge in [0, 0.05) is 30.3 Å². The van der Waals surface area contributed by atoms with Gasteiger partial charge >= 0.3 is 13.5 Å². The maximum atomic E-state index is 12.0. The molecule has 0 amide bonds. The highest BCUT2D eigenvalue weighted by atomic mass is 31.2.